The van der Waals surface area contributed by atoms with Gasteiger partial charge in [-0.05, 0) is 61.7 Å². The fourth-order valence-electron chi connectivity index (χ4n) is 5.21. The van der Waals surface area contributed by atoms with Crippen LogP contribution in [0.2, 0.25) is 5.02 Å². The van der Waals surface area contributed by atoms with Gasteiger partial charge in [0, 0.05) is 30.1 Å². The molecule has 2 aliphatic heterocycles. The third-order valence-electron chi connectivity index (χ3n) is 7.13. The van der Waals surface area contributed by atoms with Crippen LogP contribution in [0.1, 0.15) is 64.8 Å². The molecular weight excluding hydrogens is 521 g/mol. The van der Waals surface area contributed by atoms with Crippen molar-refractivity contribution >= 4 is 23.5 Å². The molecule has 5 rings (SSSR count). The quantitative estimate of drug-likeness (QED) is 0.500. The second kappa shape index (κ2) is 10.1. The fraction of sp³-hybridized carbons (Fsp3) is 0.370. The van der Waals surface area contributed by atoms with Crippen LogP contribution in [-0.2, 0) is 19.1 Å². The molecule has 1 unspecified atom stereocenters. The number of nitrogens with zero attached hydrogens (tertiary/aromatic N) is 4. The van der Waals surface area contributed by atoms with E-state index in [9.17, 15) is 27.9 Å². The Balaban J connectivity index is 1.48. The van der Waals surface area contributed by atoms with E-state index in [-0.39, 0.29) is 24.4 Å². The predicted molar refractivity (Wildman–Crippen MR) is 136 cm³/mol. The second-order valence-corrected chi connectivity index (χ2v) is 10.0. The topological polar surface area (TPSA) is 78.7 Å². The van der Waals surface area contributed by atoms with E-state index in [0.29, 0.717) is 53.3 Å². The average Bonchev–Trinajstić information content (AvgIpc) is 3.38. The molecule has 38 heavy (non-hydrogen) atoms. The standard InChI is InChI=1S/C27H26ClF3N4O3/c1-16(36)35-25(38)21-15-33(24(37)18-6-10-20(28)11-7-18)14-12-22(21)32-26(35)34-13-2-3-23(34)17-4-8-19(9-5-17)27(29,30)31/h4-11,16,23,36H,2-3,12-15H2,1H3/t16?,23-/m1/s1. The summed E-state index contributed by atoms with van der Waals surface area (Å²) in [5, 5.41) is 11.1. The molecule has 7 nitrogen and oxygen atoms in total. The van der Waals surface area contributed by atoms with E-state index < -0.39 is 23.5 Å². The van der Waals surface area contributed by atoms with Gasteiger partial charge in [0.2, 0.25) is 5.95 Å². The summed E-state index contributed by atoms with van der Waals surface area (Å²) in [6.45, 7) is 2.41. The molecule has 1 fully saturated rings. The first-order valence-electron chi connectivity index (χ1n) is 12.4. The molecule has 1 N–H and O–H groups in total. The third-order valence-corrected chi connectivity index (χ3v) is 7.38. The summed E-state index contributed by atoms with van der Waals surface area (Å²) in [6, 6.07) is 11.2. The molecule has 3 aromatic rings. The van der Waals surface area contributed by atoms with Gasteiger partial charge in [-0.3, -0.25) is 14.2 Å². The molecule has 0 spiro atoms. The Morgan fingerprint density at radius 2 is 1.79 bits per heavy atom. The molecule has 1 saturated heterocycles. The number of carbonyl (C=O) groups is 1. The minimum absolute atomic E-state index is 0.0535. The summed E-state index contributed by atoms with van der Waals surface area (Å²) in [7, 11) is 0. The number of halogens is 4. The Hall–Kier alpha value is -3.37. The van der Waals surface area contributed by atoms with Crippen LogP contribution in [0.5, 0.6) is 0 Å². The second-order valence-electron chi connectivity index (χ2n) is 9.60. The van der Waals surface area contributed by atoms with E-state index in [0.717, 1.165) is 18.6 Å². The van der Waals surface area contributed by atoms with Crippen LogP contribution in [0.15, 0.2) is 53.3 Å². The lowest BCUT2D eigenvalue weighted by Gasteiger charge is -2.33. The number of anilines is 1. The van der Waals surface area contributed by atoms with Gasteiger partial charge in [-0.25, -0.2) is 4.98 Å². The first-order chi connectivity index (χ1) is 18.0. The number of amides is 1. The monoisotopic (exact) mass is 546 g/mol. The number of alkyl halides is 3. The number of aliphatic hydroxyl groups is 1. The van der Waals surface area contributed by atoms with E-state index in [1.54, 1.807) is 29.2 Å². The minimum Gasteiger partial charge on any atom is -0.373 e. The normalized spacial score (nSPS) is 18.4. The summed E-state index contributed by atoms with van der Waals surface area (Å²) in [6.07, 6.45) is -3.85. The zero-order valence-corrected chi connectivity index (χ0v) is 21.3. The Labute approximate surface area is 222 Å². The lowest BCUT2D eigenvalue weighted by molar-refractivity contribution is -0.137. The molecule has 2 aliphatic rings. The first kappa shape index (κ1) is 26.2. The van der Waals surface area contributed by atoms with Gasteiger partial charge >= 0.3 is 6.18 Å². The third kappa shape index (κ3) is 4.90. The van der Waals surface area contributed by atoms with Gasteiger partial charge in [0.25, 0.3) is 11.5 Å². The molecule has 1 aromatic heterocycles. The van der Waals surface area contributed by atoms with Gasteiger partial charge in [-0.15, -0.1) is 0 Å². The summed E-state index contributed by atoms with van der Waals surface area (Å²) >= 11 is 5.93. The Morgan fingerprint density at radius 3 is 2.42 bits per heavy atom. The number of benzene rings is 2. The lowest BCUT2D eigenvalue weighted by Crippen LogP contribution is -2.43. The molecule has 1 amide bonds. The van der Waals surface area contributed by atoms with Crippen molar-refractivity contribution < 1.29 is 23.1 Å². The highest BCUT2D eigenvalue weighted by molar-refractivity contribution is 6.30. The average molecular weight is 547 g/mol. The van der Waals surface area contributed by atoms with Crippen molar-refractivity contribution in [2.45, 2.75) is 51.2 Å². The number of aromatic nitrogens is 2. The summed E-state index contributed by atoms with van der Waals surface area (Å²) in [5.41, 5.74) is 0.866. The molecule has 0 saturated carbocycles. The number of fused-ring (bicyclic) bond motifs is 1. The maximum Gasteiger partial charge on any atom is 0.416 e. The molecule has 2 atom stereocenters. The number of carbonyl (C=O) groups excluding carboxylic acids is 1. The zero-order valence-electron chi connectivity index (χ0n) is 20.6. The summed E-state index contributed by atoms with van der Waals surface area (Å²) in [5.74, 6) is 0.0462. The van der Waals surface area contributed by atoms with Crippen LogP contribution >= 0.6 is 11.6 Å². The van der Waals surface area contributed by atoms with E-state index in [1.165, 1.54) is 23.6 Å². The molecule has 2 aromatic carbocycles. The van der Waals surface area contributed by atoms with Crippen LogP contribution in [0.25, 0.3) is 0 Å². The fourth-order valence-corrected chi connectivity index (χ4v) is 5.34. The number of hydrogen-bond acceptors (Lipinski definition) is 5. The Kier molecular flexibility index (Phi) is 6.96. The van der Waals surface area contributed by atoms with Crippen LogP contribution in [-0.4, -0.2) is 38.6 Å². The number of rotatable bonds is 4. The molecule has 11 heteroatoms. The van der Waals surface area contributed by atoms with Gasteiger partial charge in [0.05, 0.1) is 29.4 Å². The molecular formula is C27H26ClF3N4O3. The van der Waals surface area contributed by atoms with E-state index in [2.05, 4.69) is 0 Å². The van der Waals surface area contributed by atoms with Crippen molar-refractivity contribution in [2.24, 2.45) is 0 Å². The number of aliphatic hydroxyl groups excluding tert-OH is 1. The van der Waals surface area contributed by atoms with Crippen molar-refractivity contribution in [3.63, 3.8) is 0 Å². The summed E-state index contributed by atoms with van der Waals surface area (Å²) in [4.78, 5) is 34.9. The van der Waals surface area contributed by atoms with Gasteiger partial charge in [0.1, 0.15) is 6.23 Å². The molecule has 0 bridgehead atoms. The highest BCUT2D eigenvalue weighted by atomic mass is 35.5. The van der Waals surface area contributed by atoms with E-state index in [4.69, 9.17) is 16.6 Å². The van der Waals surface area contributed by atoms with Gasteiger partial charge in [-0.2, -0.15) is 13.2 Å². The Morgan fingerprint density at radius 1 is 1.11 bits per heavy atom. The largest absolute Gasteiger partial charge is 0.416 e. The molecule has 200 valence electrons. The van der Waals surface area contributed by atoms with Gasteiger partial charge < -0.3 is 14.9 Å². The van der Waals surface area contributed by atoms with Crippen molar-refractivity contribution in [1.82, 2.24) is 14.5 Å². The van der Waals surface area contributed by atoms with Crippen LogP contribution in [0.4, 0.5) is 19.1 Å². The lowest BCUT2D eigenvalue weighted by atomic mass is 10.0. The van der Waals surface area contributed by atoms with Crippen molar-refractivity contribution in [1.29, 1.82) is 0 Å². The zero-order chi connectivity index (χ0) is 27.2. The van der Waals surface area contributed by atoms with Crippen molar-refractivity contribution in [3.05, 3.63) is 91.9 Å². The molecule has 0 radical (unpaired) electrons. The predicted octanol–water partition coefficient (Wildman–Crippen LogP) is 4.97. The maximum absolute atomic E-state index is 13.6. The summed E-state index contributed by atoms with van der Waals surface area (Å²) < 4.78 is 40.4. The smallest absolute Gasteiger partial charge is 0.373 e. The molecule has 0 aliphatic carbocycles. The number of hydrogen-bond donors (Lipinski definition) is 1. The van der Waals surface area contributed by atoms with E-state index >= 15 is 0 Å². The SMILES string of the molecule is CC(O)n1c(N2CCC[C@@H]2c2ccc(C(F)(F)F)cc2)nc2c(c1=O)CN(C(=O)c1ccc(Cl)cc1)CC2. The van der Waals surface area contributed by atoms with Crippen molar-refractivity contribution in [3.8, 4) is 0 Å². The maximum atomic E-state index is 13.6. The molecule has 3 heterocycles. The van der Waals surface area contributed by atoms with Crippen LogP contribution in [0.3, 0.4) is 0 Å². The van der Waals surface area contributed by atoms with Gasteiger partial charge in [0.15, 0.2) is 0 Å². The highest BCUT2D eigenvalue weighted by Crippen LogP contribution is 2.38. The van der Waals surface area contributed by atoms with Gasteiger partial charge in [-0.1, -0.05) is 23.7 Å². The Bertz CT molecular complexity index is 1410. The van der Waals surface area contributed by atoms with Crippen LogP contribution in [0, 0.1) is 0 Å². The van der Waals surface area contributed by atoms with E-state index in [1.807, 2.05) is 4.90 Å². The van der Waals surface area contributed by atoms with Crippen molar-refractivity contribution in [2.75, 3.05) is 18.0 Å². The highest BCUT2D eigenvalue weighted by Gasteiger charge is 2.35. The minimum atomic E-state index is -4.43. The first-order valence-corrected chi connectivity index (χ1v) is 12.7. The van der Waals surface area contributed by atoms with Crippen LogP contribution < -0.4 is 10.5 Å².